The summed E-state index contributed by atoms with van der Waals surface area (Å²) in [7, 11) is 0. The summed E-state index contributed by atoms with van der Waals surface area (Å²) in [6.45, 7) is 10.1. The quantitative estimate of drug-likeness (QED) is 0.654. The van der Waals surface area contributed by atoms with Crippen LogP contribution in [0.3, 0.4) is 0 Å². The Morgan fingerprint density at radius 3 is 2.52 bits per heavy atom. The minimum Gasteiger partial charge on any atom is -0.494 e. The van der Waals surface area contributed by atoms with Crippen molar-refractivity contribution >= 4 is 23.5 Å². The van der Waals surface area contributed by atoms with Crippen LogP contribution in [0.1, 0.15) is 55.2 Å². The number of nitrogens with zero attached hydrogens (tertiary/aromatic N) is 4. The minimum atomic E-state index is -0.687. The number of aromatic nitrogens is 3. The molecule has 1 saturated carbocycles. The van der Waals surface area contributed by atoms with E-state index in [2.05, 4.69) is 10.4 Å². The van der Waals surface area contributed by atoms with Crippen molar-refractivity contribution in [3.8, 4) is 5.88 Å². The molecule has 2 fully saturated rings. The molecule has 4 rings (SSSR count). The third-order valence-electron chi connectivity index (χ3n) is 5.71. The normalized spacial score (nSPS) is 17.2. The smallest absolute Gasteiger partial charge is 0.291 e. The number of morpholine rings is 1. The van der Waals surface area contributed by atoms with Crippen molar-refractivity contribution in [2.24, 2.45) is 5.41 Å². The molecule has 33 heavy (non-hydrogen) atoms. The van der Waals surface area contributed by atoms with Crippen molar-refractivity contribution in [2.45, 2.75) is 53.1 Å². The fourth-order valence-corrected chi connectivity index (χ4v) is 3.91. The van der Waals surface area contributed by atoms with Gasteiger partial charge in [-0.1, -0.05) is 20.8 Å². The average Bonchev–Trinajstić information content (AvgIpc) is 3.50. The summed E-state index contributed by atoms with van der Waals surface area (Å²) in [5.41, 5.74) is 0.121. The summed E-state index contributed by atoms with van der Waals surface area (Å²) in [6, 6.07) is 0.0344. The molecule has 178 valence electrons. The third kappa shape index (κ3) is 4.80. The Morgan fingerprint density at radius 1 is 1.24 bits per heavy atom. The van der Waals surface area contributed by atoms with Gasteiger partial charge in [0.25, 0.3) is 11.5 Å². The molecule has 0 atom stereocenters. The van der Waals surface area contributed by atoms with Crippen molar-refractivity contribution in [1.29, 1.82) is 0 Å². The van der Waals surface area contributed by atoms with E-state index in [9.17, 15) is 19.5 Å². The predicted octanol–water partition coefficient (Wildman–Crippen LogP) is 1.32. The largest absolute Gasteiger partial charge is 0.494 e. The van der Waals surface area contributed by atoms with E-state index in [1.165, 1.54) is 6.08 Å². The number of nitrogens with one attached hydrogen (secondary N) is 1. The minimum absolute atomic E-state index is 0.0344. The molecule has 3 heterocycles. The van der Waals surface area contributed by atoms with E-state index in [1.807, 2.05) is 20.8 Å². The Kier molecular flexibility index (Phi) is 6.04. The Balaban J connectivity index is 1.83. The van der Waals surface area contributed by atoms with Crippen LogP contribution in [-0.2, 0) is 16.1 Å². The van der Waals surface area contributed by atoms with Gasteiger partial charge in [0, 0.05) is 37.3 Å². The molecule has 0 unspecified atom stereocenters. The molecule has 2 amide bonds. The Labute approximate surface area is 191 Å². The van der Waals surface area contributed by atoms with Gasteiger partial charge >= 0.3 is 0 Å². The lowest BCUT2D eigenvalue weighted by Crippen LogP contribution is -2.39. The molecule has 2 aliphatic rings. The number of amides is 2. The van der Waals surface area contributed by atoms with Gasteiger partial charge in [-0.2, -0.15) is 9.61 Å². The van der Waals surface area contributed by atoms with Crippen LogP contribution in [0.2, 0.25) is 0 Å². The monoisotopic (exact) mass is 457 g/mol. The van der Waals surface area contributed by atoms with Gasteiger partial charge in [-0.05, 0) is 31.3 Å². The summed E-state index contributed by atoms with van der Waals surface area (Å²) in [4.78, 5) is 40.3. The number of hydrogen-bond acceptors (Lipinski definition) is 6. The van der Waals surface area contributed by atoms with Gasteiger partial charge in [0.2, 0.25) is 11.8 Å². The Bertz CT molecular complexity index is 1180. The molecule has 2 N–H and O–H groups in total. The van der Waals surface area contributed by atoms with Gasteiger partial charge in [0.1, 0.15) is 5.65 Å². The maximum atomic E-state index is 13.2. The molecule has 2 aromatic rings. The van der Waals surface area contributed by atoms with Crippen molar-refractivity contribution in [3.05, 3.63) is 33.3 Å². The van der Waals surface area contributed by atoms with Crippen LogP contribution in [0, 0.1) is 12.3 Å². The predicted molar refractivity (Wildman–Crippen MR) is 122 cm³/mol. The van der Waals surface area contributed by atoms with Gasteiger partial charge < -0.3 is 20.1 Å². The zero-order valence-electron chi connectivity index (χ0n) is 19.6. The highest BCUT2D eigenvalue weighted by Gasteiger charge is 2.31. The Morgan fingerprint density at radius 2 is 1.91 bits per heavy atom. The second-order valence-corrected chi connectivity index (χ2v) is 9.90. The van der Waals surface area contributed by atoms with E-state index in [4.69, 9.17) is 4.74 Å². The van der Waals surface area contributed by atoms with Crippen LogP contribution in [0.25, 0.3) is 11.7 Å². The first kappa shape index (κ1) is 23.0. The maximum absolute atomic E-state index is 13.2. The number of carbonyl (C=O) groups excluding carboxylic acids is 2. The third-order valence-corrected chi connectivity index (χ3v) is 5.71. The van der Waals surface area contributed by atoms with Crippen LogP contribution in [0.4, 0.5) is 0 Å². The van der Waals surface area contributed by atoms with Gasteiger partial charge in [-0.3, -0.25) is 19.0 Å². The molecule has 1 aliphatic carbocycles. The van der Waals surface area contributed by atoms with E-state index < -0.39 is 17.3 Å². The number of fused-ring (bicyclic) bond motifs is 1. The highest BCUT2D eigenvalue weighted by molar-refractivity contribution is 5.97. The molecule has 0 radical (unpaired) electrons. The number of aryl methyl sites for hydroxylation is 1. The highest BCUT2D eigenvalue weighted by Crippen LogP contribution is 2.28. The lowest BCUT2D eigenvalue weighted by molar-refractivity contribution is -0.129. The first-order valence-corrected chi connectivity index (χ1v) is 11.3. The second-order valence-electron chi connectivity index (χ2n) is 9.90. The molecule has 0 aromatic carbocycles. The van der Waals surface area contributed by atoms with Crippen molar-refractivity contribution < 1.29 is 19.4 Å². The molecule has 0 bridgehead atoms. The first-order chi connectivity index (χ1) is 15.6. The van der Waals surface area contributed by atoms with Crippen molar-refractivity contribution in [3.63, 3.8) is 0 Å². The summed E-state index contributed by atoms with van der Waals surface area (Å²) >= 11 is 0. The summed E-state index contributed by atoms with van der Waals surface area (Å²) in [5.74, 6) is -1.15. The van der Waals surface area contributed by atoms with E-state index in [1.54, 1.807) is 22.5 Å². The number of ether oxygens (including phenoxy) is 1. The topological polar surface area (TPSA) is 118 Å². The van der Waals surface area contributed by atoms with E-state index in [0.29, 0.717) is 49.8 Å². The van der Waals surface area contributed by atoms with Crippen LogP contribution >= 0.6 is 0 Å². The highest BCUT2D eigenvalue weighted by atomic mass is 16.5. The fourth-order valence-electron chi connectivity index (χ4n) is 3.91. The second kappa shape index (κ2) is 8.66. The lowest BCUT2D eigenvalue weighted by atomic mass is 9.96. The van der Waals surface area contributed by atoms with E-state index in [0.717, 1.165) is 17.4 Å². The lowest BCUT2D eigenvalue weighted by Gasteiger charge is -2.25. The number of rotatable bonds is 5. The summed E-state index contributed by atoms with van der Waals surface area (Å²) in [6.07, 6.45) is 4.79. The molecular formula is C23H31N5O5. The van der Waals surface area contributed by atoms with E-state index in [-0.39, 0.29) is 22.9 Å². The van der Waals surface area contributed by atoms with Crippen LogP contribution in [-0.4, -0.2) is 68.3 Å². The molecular weight excluding hydrogens is 426 g/mol. The molecule has 2 aromatic heterocycles. The van der Waals surface area contributed by atoms with Crippen LogP contribution in [0.5, 0.6) is 5.88 Å². The molecule has 10 nitrogen and oxygen atoms in total. The Hall–Kier alpha value is -3.14. The fraction of sp³-hybridized carbons (Fsp3) is 0.565. The van der Waals surface area contributed by atoms with Crippen LogP contribution < -0.4 is 10.9 Å². The van der Waals surface area contributed by atoms with Gasteiger partial charge in [-0.25, -0.2) is 0 Å². The van der Waals surface area contributed by atoms with E-state index >= 15 is 0 Å². The van der Waals surface area contributed by atoms with Crippen molar-refractivity contribution in [2.75, 3.05) is 26.3 Å². The summed E-state index contributed by atoms with van der Waals surface area (Å²) < 4.78 is 7.99. The standard InChI is InChI=1S/C23H31N5O5/c1-14-16(7-8-17(29)26-9-11-33-12-10-26)20-27(13-23(2,3)4)21(31)18(22(32)28(20)25-14)19(30)24-15-5-6-15/h7-8,15,31H,5-6,9-13H2,1-4H3,(H,24,30). The molecule has 1 aliphatic heterocycles. The SMILES string of the molecule is Cc1nn2c(=O)c(C(=O)NC3CC3)c(O)n(CC(C)(C)C)c2c1C=CC(=O)N1CCOCC1. The number of carbonyl (C=O) groups is 2. The molecule has 0 spiro atoms. The molecule has 1 saturated heterocycles. The van der Waals surface area contributed by atoms with Crippen molar-refractivity contribution in [1.82, 2.24) is 24.4 Å². The van der Waals surface area contributed by atoms with Gasteiger partial charge in [-0.15, -0.1) is 0 Å². The summed E-state index contributed by atoms with van der Waals surface area (Å²) in [5, 5.41) is 18.2. The maximum Gasteiger partial charge on any atom is 0.291 e. The molecule has 10 heteroatoms. The average molecular weight is 458 g/mol. The van der Waals surface area contributed by atoms with Gasteiger partial charge in [0.05, 0.1) is 18.9 Å². The van der Waals surface area contributed by atoms with Crippen LogP contribution in [0.15, 0.2) is 10.9 Å². The zero-order valence-corrected chi connectivity index (χ0v) is 19.6. The number of aromatic hydroxyl groups is 1. The number of hydrogen-bond donors (Lipinski definition) is 2. The first-order valence-electron chi connectivity index (χ1n) is 11.3. The van der Waals surface area contributed by atoms with Gasteiger partial charge in [0.15, 0.2) is 5.56 Å². The zero-order chi connectivity index (χ0) is 23.9.